The van der Waals surface area contributed by atoms with Crippen LogP contribution in [0.4, 0.5) is 0 Å². The Balaban J connectivity index is 4.09. The van der Waals surface area contributed by atoms with Crippen molar-refractivity contribution in [3.8, 4) is 0 Å². The van der Waals surface area contributed by atoms with Gasteiger partial charge in [0.25, 0.3) is 0 Å². The molecule has 0 saturated carbocycles. The number of carboxylic acid groups (broad SMARTS) is 1. The van der Waals surface area contributed by atoms with Crippen molar-refractivity contribution in [2.75, 3.05) is 6.61 Å². The third-order valence-electron chi connectivity index (χ3n) is 1.56. The van der Waals surface area contributed by atoms with Crippen molar-refractivity contribution < 1.29 is 19.8 Å². The zero-order valence-electron chi connectivity index (χ0n) is 7.36. The molecule has 0 aliphatic rings. The van der Waals surface area contributed by atoms with Crippen molar-refractivity contribution in [3.63, 3.8) is 0 Å². The highest BCUT2D eigenvalue weighted by molar-refractivity contribution is 5.86. The molecule has 0 fully saturated rings. The molecule has 2 unspecified atom stereocenters. The molecule has 13 heavy (non-hydrogen) atoms. The maximum atomic E-state index is 11.0. The number of carboxylic acids is 1. The SMILES string of the molecule is CCC(NC(=O)C(N)CO)C(=O)O. The van der Waals surface area contributed by atoms with Gasteiger partial charge in [0.1, 0.15) is 12.1 Å². The maximum absolute atomic E-state index is 11.0. The Bertz CT molecular complexity index is 195. The number of carbonyl (C=O) groups excluding carboxylic acids is 1. The Morgan fingerprint density at radius 3 is 2.38 bits per heavy atom. The van der Waals surface area contributed by atoms with Gasteiger partial charge >= 0.3 is 5.97 Å². The third-order valence-corrected chi connectivity index (χ3v) is 1.56. The van der Waals surface area contributed by atoms with Gasteiger partial charge in [-0.3, -0.25) is 4.79 Å². The largest absolute Gasteiger partial charge is 0.480 e. The molecule has 0 aliphatic heterocycles. The highest BCUT2D eigenvalue weighted by Gasteiger charge is 2.20. The molecule has 2 atom stereocenters. The van der Waals surface area contributed by atoms with Gasteiger partial charge in [-0.15, -0.1) is 0 Å². The van der Waals surface area contributed by atoms with E-state index in [1.165, 1.54) is 0 Å². The van der Waals surface area contributed by atoms with Crippen LogP contribution in [0.3, 0.4) is 0 Å². The second-order valence-electron chi connectivity index (χ2n) is 2.60. The Labute approximate surface area is 75.7 Å². The van der Waals surface area contributed by atoms with Crippen molar-refractivity contribution in [1.82, 2.24) is 5.32 Å². The van der Waals surface area contributed by atoms with Crippen LogP contribution in [-0.4, -0.2) is 40.8 Å². The van der Waals surface area contributed by atoms with E-state index in [0.717, 1.165) is 0 Å². The van der Waals surface area contributed by atoms with E-state index in [9.17, 15) is 9.59 Å². The second kappa shape index (κ2) is 5.50. The molecule has 0 aromatic heterocycles. The van der Waals surface area contributed by atoms with E-state index in [0.29, 0.717) is 0 Å². The van der Waals surface area contributed by atoms with Crippen molar-refractivity contribution in [3.05, 3.63) is 0 Å². The molecule has 0 aliphatic carbocycles. The molecule has 0 aromatic rings. The first-order chi connectivity index (χ1) is 6.02. The van der Waals surface area contributed by atoms with Crippen LogP contribution in [0.2, 0.25) is 0 Å². The number of aliphatic hydroxyl groups is 1. The minimum Gasteiger partial charge on any atom is -0.480 e. The summed E-state index contributed by atoms with van der Waals surface area (Å²) in [4.78, 5) is 21.4. The Morgan fingerprint density at radius 2 is 2.08 bits per heavy atom. The summed E-state index contributed by atoms with van der Waals surface area (Å²) in [5.41, 5.74) is 5.16. The molecular weight excluding hydrogens is 176 g/mol. The third kappa shape index (κ3) is 3.86. The topological polar surface area (TPSA) is 113 Å². The summed E-state index contributed by atoms with van der Waals surface area (Å²) in [6.45, 7) is 1.13. The first-order valence-electron chi connectivity index (χ1n) is 3.92. The van der Waals surface area contributed by atoms with E-state index in [4.69, 9.17) is 15.9 Å². The molecule has 76 valence electrons. The predicted molar refractivity (Wildman–Crippen MR) is 44.9 cm³/mol. The predicted octanol–water partition coefficient (Wildman–Crippen LogP) is -1.71. The van der Waals surface area contributed by atoms with Gasteiger partial charge < -0.3 is 21.3 Å². The van der Waals surface area contributed by atoms with E-state index >= 15 is 0 Å². The van der Waals surface area contributed by atoms with E-state index < -0.39 is 30.6 Å². The van der Waals surface area contributed by atoms with Gasteiger partial charge in [-0.25, -0.2) is 4.79 Å². The number of nitrogens with two attached hydrogens (primary N) is 1. The number of hydrogen-bond acceptors (Lipinski definition) is 4. The zero-order valence-corrected chi connectivity index (χ0v) is 7.36. The minimum atomic E-state index is -1.11. The summed E-state index contributed by atoms with van der Waals surface area (Å²) >= 11 is 0. The number of rotatable bonds is 5. The van der Waals surface area contributed by atoms with Crippen molar-refractivity contribution in [2.45, 2.75) is 25.4 Å². The Kier molecular flexibility index (Phi) is 5.01. The second-order valence-corrected chi connectivity index (χ2v) is 2.60. The van der Waals surface area contributed by atoms with Crippen LogP contribution >= 0.6 is 0 Å². The average Bonchev–Trinajstić information content (AvgIpc) is 2.11. The highest BCUT2D eigenvalue weighted by Crippen LogP contribution is 1.91. The van der Waals surface area contributed by atoms with Gasteiger partial charge in [0.05, 0.1) is 6.61 Å². The molecule has 0 aromatic carbocycles. The van der Waals surface area contributed by atoms with E-state index in [2.05, 4.69) is 5.32 Å². The summed E-state index contributed by atoms with van der Waals surface area (Å²) in [6.07, 6.45) is 0.277. The number of nitrogens with one attached hydrogen (secondary N) is 1. The lowest BCUT2D eigenvalue weighted by atomic mass is 10.2. The smallest absolute Gasteiger partial charge is 0.326 e. The van der Waals surface area contributed by atoms with Gasteiger partial charge in [-0.05, 0) is 6.42 Å². The molecule has 0 bridgehead atoms. The fraction of sp³-hybridized carbons (Fsp3) is 0.714. The number of carbonyl (C=O) groups is 2. The normalized spacial score (nSPS) is 14.7. The van der Waals surface area contributed by atoms with Crippen LogP contribution in [0.15, 0.2) is 0 Å². The quantitative estimate of drug-likeness (QED) is 0.412. The van der Waals surface area contributed by atoms with Crippen LogP contribution < -0.4 is 11.1 Å². The molecule has 6 heteroatoms. The lowest BCUT2D eigenvalue weighted by Crippen LogP contribution is -2.49. The summed E-state index contributed by atoms with van der Waals surface area (Å²) in [6, 6.07) is -2.00. The summed E-state index contributed by atoms with van der Waals surface area (Å²) in [5.74, 6) is -1.77. The van der Waals surface area contributed by atoms with E-state index in [1.54, 1.807) is 6.92 Å². The number of amides is 1. The fourth-order valence-corrected chi connectivity index (χ4v) is 0.700. The summed E-state index contributed by atoms with van der Waals surface area (Å²) in [5, 5.41) is 19.2. The molecule has 6 nitrogen and oxygen atoms in total. The van der Waals surface area contributed by atoms with Gasteiger partial charge in [0.2, 0.25) is 5.91 Å². The molecule has 1 amide bonds. The number of aliphatic hydroxyl groups excluding tert-OH is 1. The van der Waals surface area contributed by atoms with Crippen molar-refractivity contribution in [2.24, 2.45) is 5.73 Å². The summed E-state index contributed by atoms with van der Waals surface area (Å²) < 4.78 is 0. The first-order valence-corrected chi connectivity index (χ1v) is 3.92. The van der Waals surface area contributed by atoms with Crippen LogP contribution in [0.5, 0.6) is 0 Å². The summed E-state index contributed by atoms with van der Waals surface area (Å²) in [7, 11) is 0. The molecule has 5 N–H and O–H groups in total. The van der Waals surface area contributed by atoms with Gasteiger partial charge in [-0.1, -0.05) is 6.92 Å². The van der Waals surface area contributed by atoms with E-state index in [-0.39, 0.29) is 6.42 Å². The standard InChI is InChI=1S/C7H14N2O4/c1-2-5(7(12)13)9-6(11)4(8)3-10/h4-5,10H,2-3,8H2,1H3,(H,9,11)(H,12,13). The molecule has 0 radical (unpaired) electrons. The number of hydrogen-bond donors (Lipinski definition) is 4. The molecule has 0 rings (SSSR count). The van der Waals surface area contributed by atoms with Crippen molar-refractivity contribution >= 4 is 11.9 Å². The molecule has 0 heterocycles. The van der Waals surface area contributed by atoms with Crippen LogP contribution in [0.1, 0.15) is 13.3 Å². The van der Waals surface area contributed by atoms with Gasteiger partial charge in [0, 0.05) is 0 Å². The van der Waals surface area contributed by atoms with Crippen LogP contribution in [0, 0.1) is 0 Å². The average molecular weight is 190 g/mol. The zero-order chi connectivity index (χ0) is 10.4. The number of aliphatic carboxylic acids is 1. The maximum Gasteiger partial charge on any atom is 0.326 e. The van der Waals surface area contributed by atoms with Crippen LogP contribution in [-0.2, 0) is 9.59 Å². The van der Waals surface area contributed by atoms with Crippen molar-refractivity contribution in [1.29, 1.82) is 0 Å². The highest BCUT2D eigenvalue weighted by atomic mass is 16.4. The first kappa shape index (κ1) is 11.9. The molecular formula is C7H14N2O4. The molecule has 0 saturated heterocycles. The van der Waals surface area contributed by atoms with Crippen LogP contribution in [0.25, 0.3) is 0 Å². The Hall–Kier alpha value is -1.14. The van der Waals surface area contributed by atoms with Gasteiger partial charge in [-0.2, -0.15) is 0 Å². The lowest BCUT2D eigenvalue weighted by molar-refractivity contribution is -0.142. The monoisotopic (exact) mass is 190 g/mol. The lowest BCUT2D eigenvalue weighted by Gasteiger charge is -2.14. The minimum absolute atomic E-state index is 0.277. The fourth-order valence-electron chi connectivity index (χ4n) is 0.700. The van der Waals surface area contributed by atoms with E-state index in [1.807, 2.05) is 0 Å². The Morgan fingerprint density at radius 1 is 1.54 bits per heavy atom. The van der Waals surface area contributed by atoms with Gasteiger partial charge in [0.15, 0.2) is 0 Å². The molecule has 0 spiro atoms.